The van der Waals surface area contributed by atoms with Gasteiger partial charge in [-0.2, -0.15) is 0 Å². The first-order valence-electron chi connectivity index (χ1n) is 15.6. The zero-order chi connectivity index (χ0) is 30.1. The van der Waals surface area contributed by atoms with Crippen LogP contribution in [0.1, 0.15) is 73.4 Å². The summed E-state index contributed by atoms with van der Waals surface area (Å²) in [5, 5.41) is 14.2. The summed E-state index contributed by atoms with van der Waals surface area (Å²) in [7, 11) is -4.04. The van der Waals surface area contributed by atoms with E-state index in [4.69, 9.17) is 16.3 Å². The zero-order valence-electron chi connectivity index (χ0n) is 24.7. The van der Waals surface area contributed by atoms with E-state index in [1.165, 1.54) is 5.56 Å². The van der Waals surface area contributed by atoms with E-state index in [0.29, 0.717) is 29.7 Å². The lowest BCUT2D eigenvalue weighted by molar-refractivity contribution is 0.0461. The molecule has 2 bridgehead atoms. The number of nitrogens with zero attached hydrogens (tertiary/aromatic N) is 1. The van der Waals surface area contributed by atoms with Crippen molar-refractivity contribution in [3.05, 3.63) is 70.3 Å². The maximum Gasteiger partial charge on any atom is 0.264 e. The summed E-state index contributed by atoms with van der Waals surface area (Å²) in [6.45, 7) is 3.69. The molecular formula is C33H42ClN3O5S. The van der Waals surface area contributed by atoms with Crippen LogP contribution in [0.15, 0.2) is 48.6 Å². The fourth-order valence-corrected chi connectivity index (χ4v) is 8.42. The molecule has 0 aromatic heterocycles. The van der Waals surface area contributed by atoms with Crippen LogP contribution in [0.5, 0.6) is 5.75 Å². The molecule has 0 saturated heterocycles. The monoisotopic (exact) mass is 627 g/mol. The Balaban J connectivity index is 1.37. The number of nitrogens with one attached hydrogen (secondary N) is 2. The van der Waals surface area contributed by atoms with Crippen molar-refractivity contribution in [3.63, 3.8) is 0 Å². The number of aliphatic hydroxyl groups is 1. The molecule has 0 unspecified atom stereocenters. The Morgan fingerprint density at radius 1 is 1.07 bits per heavy atom. The standard InChI is InChI=1S/C33H42ClN3O5S/c1-21-5-4-7-30(38)28-14-9-24(28)19-37-16-3-2-6-22-17-26(34)11-8-25(22)20-42-31-15-10-23(18-29(31)37)32(39)36-43(40,41)33(21)35-27-12-13-27/h4,7-8,10-11,15,17-18,21,24,27-28,30,33,35,38H,2-3,5-6,9,12-14,16,19-20H2,1H3,(H,36,39)/b7-4+/t21-,24+,28-,30+,33-/m1/s1. The van der Waals surface area contributed by atoms with E-state index in [9.17, 15) is 18.3 Å². The fraction of sp³-hybridized carbons (Fsp3) is 0.545. The minimum atomic E-state index is -4.04. The first kappa shape index (κ1) is 30.4. The SMILES string of the molecule is C[C@@H]1C/C=C/[C@H](O)[C@@H]2CC[C@H]2CN2CCCCc3cc(Cl)ccc3COc3ccc(cc32)C(=O)NS(=O)(=O)[C@H]1NC1CC1. The molecule has 3 N–H and O–H groups in total. The number of amides is 1. The Bertz CT molecular complexity index is 1480. The number of allylic oxidation sites excluding steroid dienone is 1. The fourth-order valence-electron chi connectivity index (χ4n) is 6.63. The number of sulfonamides is 1. The van der Waals surface area contributed by atoms with Gasteiger partial charge >= 0.3 is 0 Å². The summed E-state index contributed by atoms with van der Waals surface area (Å²) in [4.78, 5) is 15.8. The summed E-state index contributed by atoms with van der Waals surface area (Å²) in [6.07, 6.45) is 10.2. The number of hydrogen-bond donors (Lipinski definition) is 3. The quantitative estimate of drug-likeness (QED) is 0.394. The Labute approximate surface area is 259 Å². The number of halogens is 1. The predicted octanol–water partition coefficient (Wildman–Crippen LogP) is 5.18. The Morgan fingerprint density at radius 2 is 1.91 bits per heavy atom. The summed E-state index contributed by atoms with van der Waals surface area (Å²) >= 11 is 6.31. The molecule has 232 valence electrons. The largest absolute Gasteiger partial charge is 0.487 e. The van der Waals surface area contributed by atoms with Crippen molar-refractivity contribution in [2.75, 3.05) is 18.0 Å². The van der Waals surface area contributed by atoms with Crippen LogP contribution in [0.2, 0.25) is 5.02 Å². The molecule has 2 aromatic carbocycles. The molecule has 0 radical (unpaired) electrons. The predicted molar refractivity (Wildman–Crippen MR) is 169 cm³/mol. The van der Waals surface area contributed by atoms with Gasteiger partial charge in [0, 0.05) is 29.7 Å². The second kappa shape index (κ2) is 12.8. The number of carbonyl (C=O) groups excluding carboxylic acids is 1. The number of anilines is 1. The molecule has 43 heavy (non-hydrogen) atoms. The van der Waals surface area contributed by atoms with E-state index in [-0.39, 0.29) is 23.4 Å². The minimum absolute atomic E-state index is 0.129. The van der Waals surface area contributed by atoms with Crippen molar-refractivity contribution in [2.24, 2.45) is 17.8 Å². The number of carbonyl (C=O) groups is 1. The van der Waals surface area contributed by atoms with Gasteiger partial charge in [-0.3, -0.25) is 10.1 Å². The molecule has 6 rings (SSSR count). The molecule has 2 aliphatic heterocycles. The number of benzene rings is 2. The third kappa shape index (κ3) is 7.06. The number of fused-ring (bicyclic) bond motifs is 3. The van der Waals surface area contributed by atoms with Crippen LogP contribution in [0.3, 0.4) is 0 Å². The first-order valence-corrected chi connectivity index (χ1v) is 17.6. The van der Waals surface area contributed by atoms with Crippen LogP contribution in [0.25, 0.3) is 0 Å². The average Bonchev–Trinajstić information content (AvgIpc) is 3.78. The molecule has 8 nitrogen and oxygen atoms in total. The molecule has 2 fully saturated rings. The molecule has 4 aliphatic rings. The van der Waals surface area contributed by atoms with Crippen molar-refractivity contribution < 1.29 is 23.1 Å². The molecule has 2 aliphatic carbocycles. The molecule has 0 spiro atoms. The van der Waals surface area contributed by atoms with E-state index in [2.05, 4.69) is 14.9 Å². The highest BCUT2D eigenvalue weighted by Crippen LogP contribution is 2.41. The van der Waals surface area contributed by atoms with Crippen LogP contribution in [0.4, 0.5) is 5.69 Å². The maximum atomic E-state index is 13.6. The summed E-state index contributed by atoms with van der Waals surface area (Å²) in [6, 6.07) is 11.2. The van der Waals surface area contributed by atoms with Gasteiger partial charge in [-0.05, 0) is 111 Å². The number of ether oxygens (including phenoxy) is 1. The highest BCUT2D eigenvalue weighted by atomic mass is 35.5. The molecular weight excluding hydrogens is 586 g/mol. The van der Waals surface area contributed by atoms with Crippen molar-refractivity contribution in [2.45, 2.75) is 82.4 Å². The van der Waals surface area contributed by atoms with Crippen LogP contribution in [-0.2, 0) is 23.1 Å². The smallest absolute Gasteiger partial charge is 0.264 e. The van der Waals surface area contributed by atoms with Crippen molar-refractivity contribution in [1.82, 2.24) is 10.0 Å². The van der Waals surface area contributed by atoms with Crippen LogP contribution >= 0.6 is 11.6 Å². The third-order valence-corrected chi connectivity index (χ3v) is 11.5. The lowest BCUT2D eigenvalue weighted by Gasteiger charge is -2.42. The summed E-state index contributed by atoms with van der Waals surface area (Å²) in [5.41, 5.74) is 3.29. The molecule has 2 saturated carbocycles. The van der Waals surface area contributed by atoms with Gasteiger partial charge in [-0.15, -0.1) is 0 Å². The zero-order valence-corrected chi connectivity index (χ0v) is 26.2. The second-order valence-electron chi connectivity index (χ2n) is 12.8. The first-order chi connectivity index (χ1) is 20.7. The molecule has 2 aromatic rings. The summed E-state index contributed by atoms with van der Waals surface area (Å²) in [5.74, 6) is 0.117. The van der Waals surface area contributed by atoms with Gasteiger partial charge in [0.25, 0.3) is 15.9 Å². The van der Waals surface area contributed by atoms with Gasteiger partial charge in [0.05, 0.1) is 11.8 Å². The van der Waals surface area contributed by atoms with Crippen LogP contribution in [-0.4, -0.2) is 50.0 Å². The van der Waals surface area contributed by atoms with Gasteiger partial charge in [0.1, 0.15) is 17.7 Å². The van der Waals surface area contributed by atoms with Crippen LogP contribution in [0, 0.1) is 17.8 Å². The van der Waals surface area contributed by atoms with Gasteiger partial charge in [0.15, 0.2) is 0 Å². The Hall–Kier alpha value is -2.59. The van der Waals surface area contributed by atoms with Crippen molar-refractivity contribution >= 4 is 33.2 Å². The van der Waals surface area contributed by atoms with E-state index in [1.807, 2.05) is 37.3 Å². The lowest BCUT2D eigenvalue weighted by atomic mass is 9.70. The Kier molecular flexibility index (Phi) is 9.06. The summed E-state index contributed by atoms with van der Waals surface area (Å²) < 4.78 is 36.0. The number of rotatable bonds is 2. The molecule has 1 amide bonds. The molecule has 5 atom stereocenters. The minimum Gasteiger partial charge on any atom is -0.487 e. The van der Waals surface area contributed by atoms with Crippen molar-refractivity contribution in [1.29, 1.82) is 0 Å². The third-order valence-electron chi connectivity index (χ3n) is 9.51. The maximum absolute atomic E-state index is 13.6. The van der Waals surface area contributed by atoms with Crippen LogP contribution < -0.4 is 19.7 Å². The topological polar surface area (TPSA) is 108 Å². The van der Waals surface area contributed by atoms with E-state index in [1.54, 1.807) is 18.2 Å². The van der Waals surface area contributed by atoms with Crippen molar-refractivity contribution in [3.8, 4) is 5.75 Å². The lowest BCUT2D eigenvalue weighted by Crippen LogP contribution is -2.50. The molecule has 2 heterocycles. The van der Waals surface area contributed by atoms with E-state index >= 15 is 0 Å². The number of hydrogen-bond acceptors (Lipinski definition) is 7. The van der Waals surface area contributed by atoms with Gasteiger partial charge in [0.2, 0.25) is 0 Å². The normalized spacial score (nSPS) is 30.3. The number of aryl methyl sites for hydroxylation is 1. The van der Waals surface area contributed by atoms with Gasteiger partial charge < -0.3 is 14.7 Å². The van der Waals surface area contributed by atoms with E-state index < -0.39 is 27.4 Å². The second-order valence-corrected chi connectivity index (χ2v) is 15.0. The van der Waals surface area contributed by atoms with E-state index in [0.717, 1.165) is 69.3 Å². The average molecular weight is 628 g/mol. The highest BCUT2D eigenvalue weighted by molar-refractivity contribution is 7.90. The Morgan fingerprint density at radius 3 is 2.67 bits per heavy atom. The highest BCUT2D eigenvalue weighted by Gasteiger charge is 2.39. The van der Waals surface area contributed by atoms with Gasteiger partial charge in [-0.25, -0.2) is 13.1 Å². The van der Waals surface area contributed by atoms with Gasteiger partial charge in [-0.1, -0.05) is 36.7 Å². The molecule has 10 heteroatoms. The number of aliphatic hydroxyl groups excluding tert-OH is 1.